The Morgan fingerprint density at radius 3 is 2.72 bits per heavy atom. The van der Waals surface area contributed by atoms with Gasteiger partial charge in [0.05, 0.1) is 17.1 Å². The second-order valence-electron chi connectivity index (χ2n) is 3.59. The maximum Gasteiger partial charge on any atom is 0.224 e. The van der Waals surface area contributed by atoms with Crippen molar-refractivity contribution in [2.75, 3.05) is 11.1 Å². The van der Waals surface area contributed by atoms with Gasteiger partial charge < -0.3 is 11.1 Å². The fourth-order valence-electron chi connectivity index (χ4n) is 1.36. The maximum absolute atomic E-state index is 13.5. The number of nitrogens with two attached hydrogens (primary N) is 1. The average molecular weight is 287 g/mol. The van der Waals surface area contributed by atoms with Gasteiger partial charge in [0.15, 0.2) is 5.82 Å². The zero-order valence-corrected chi connectivity index (χ0v) is 10.8. The van der Waals surface area contributed by atoms with E-state index < -0.39 is 5.82 Å². The summed E-state index contributed by atoms with van der Waals surface area (Å²) < 4.78 is 13.5. The van der Waals surface area contributed by atoms with E-state index in [4.69, 9.17) is 28.9 Å². The van der Waals surface area contributed by atoms with Gasteiger partial charge in [0, 0.05) is 5.02 Å². The number of rotatable bonds is 2. The summed E-state index contributed by atoms with van der Waals surface area (Å²) in [5.74, 6) is -0.222. The van der Waals surface area contributed by atoms with E-state index in [1.165, 1.54) is 18.2 Å². The molecule has 0 atom stereocenters. The smallest absolute Gasteiger partial charge is 0.224 e. The molecule has 0 unspecified atom stereocenters. The van der Waals surface area contributed by atoms with E-state index in [0.29, 0.717) is 16.4 Å². The first-order valence-corrected chi connectivity index (χ1v) is 5.74. The van der Waals surface area contributed by atoms with Crippen molar-refractivity contribution >= 4 is 40.4 Å². The third kappa shape index (κ3) is 2.63. The monoisotopic (exact) mass is 286 g/mol. The van der Waals surface area contributed by atoms with Crippen molar-refractivity contribution in [2.45, 2.75) is 6.92 Å². The molecule has 0 bridgehead atoms. The van der Waals surface area contributed by atoms with Gasteiger partial charge in [0.1, 0.15) is 5.82 Å². The highest BCUT2D eigenvalue weighted by Crippen LogP contribution is 2.27. The van der Waals surface area contributed by atoms with Crippen LogP contribution in [0.4, 0.5) is 21.6 Å². The van der Waals surface area contributed by atoms with Crippen LogP contribution in [0.5, 0.6) is 0 Å². The lowest BCUT2D eigenvalue weighted by Gasteiger charge is -2.11. The fourth-order valence-corrected chi connectivity index (χ4v) is 1.75. The van der Waals surface area contributed by atoms with Crippen molar-refractivity contribution in [3.8, 4) is 0 Å². The van der Waals surface area contributed by atoms with Crippen molar-refractivity contribution in [1.29, 1.82) is 0 Å². The summed E-state index contributed by atoms with van der Waals surface area (Å²) in [5.41, 5.74) is 6.77. The lowest BCUT2D eigenvalue weighted by Crippen LogP contribution is -2.04. The summed E-state index contributed by atoms with van der Waals surface area (Å²) in [6, 6.07) is 4.13. The van der Waals surface area contributed by atoms with Crippen LogP contribution < -0.4 is 11.1 Å². The van der Waals surface area contributed by atoms with Crippen LogP contribution in [0.2, 0.25) is 10.3 Å². The van der Waals surface area contributed by atoms with Gasteiger partial charge >= 0.3 is 0 Å². The molecule has 4 nitrogen and oxygen atoms in total. The molecule has 7 heteroatoms. The molecule has 94 valence electrons. The fraction of sp³-hybridized carbons (Fsp3) is 0.0909. The van der Waals surface area contributed by atoms with Crippen LogP contribution in [0.1, 0.15) is 5.69 Å². The van der Waals surface area contributed by atoms with Crippen LogP contribution in [0.3, 0.4) is 0 Å². The normalized spacial score (nSPS) is 10.4. The Balaban J connectivity index is 2.43. The first kappa shape index (κ1) is 12.9. The summed E-state index contributed by atoms with van der Waals surface area (Å²) in [5, 5.41) is 3.17. The predicted molar refractivity (Wildman–Crippen MR) is 70.9 cm³/mol. The molecule has 18 heavy (non-hydrogen) atoms. The SMILES string of the molecule is Cc1nc(Cl)nc(Nc2cc(Cl)ccc2F)c1N. The molecule has 2 rings (SSSR count). The molecule has 0 aliphatic carbocycles. The second kappa shape index (κ2) is 4.96. The molecular weight excluding hydrogens is 278 g/mol. The lowest BCUT2D eigenvalue weighted by atomic mass is 10.3. The molecule has 2 aromatic rings. The molecule has 0 saturated heterocycles. The van der Waals surface area contributed by atoms with E-state index in [9.17, 15) is 4.39 Å². The first-order valence-electron chi connectivity index (χ1n) is 4.99. The van der Waals surface area contributed by atoms with E-state index in [-0.39, 0.29) is 16.8 Å². The zero-order chi connectivity index (χ0) is 13.3. The van der Waals surface area contributed by atoms with Crippen molar-refractivity contribution in [3.05, 3.63) is 40.0 Å². The molecular formula is C11H9Cl2FN4. The third-order valence-corrected chi connectivity index (χ3v) is 2.69. The molecule has 1 aromatic heterocycles. The van der Waals surface area contributed by atoms with Crippen LogP contribution in [0, 0.1) is 12.7 Å². The summed E-state index contributed by atoms with van der Waals surface area (Å²) in [4.78, 5) is 7.79. The number of nitrogens with one attached hydrogen (secondary N) is 1. The van der Waals surface area contributed by atoms with Crippen LogP contribution in [0.15, 0.2) is 18.2 Å². The van der Waals surface area contributed by atoms with Gasteiger partial charge in [-0.15, -0.1) is 0 Å². The second-order valence-corrected chi connectivity index (χ2v) is 4.36. The molecule has 0 amide bonds. The van der Waals surface area contributed by atoms with Crippen LogP contribution in [-0.4, -0.2) is 9.97 Å². The Kier molecular flexibility index (Phi) is 3.54. The molecule has 0 aliphatic rings. The van der Waals surface area contributed by atoms with Crippen LogP contribution >= 0.6 is 23.2 Å². The molecule has 3 N–H and O–H groups in total. The maximum atomic E-state index is 13.5. The minimum Gasteiger partial charge on any atom is -0.394 e. The summed E-state index contributed by atoms with van der Waals surface area (Å²) in [6.45, 7) is 1.68. The van der Waals surface area contributed by atoms with Crippen molar-refractivity contribution in [3.63, 3.8) is 0 Å². The lowest BCUT2D eigenvalue weighted by molar-refractivity contribution is 0.632. The number of anilines is 3. The highest BCUT2D eigenvalue weighted by Gasteiger charge is 2.10. The van der Waals surface area contributed by atoms with Gasteiger partial charge in [-0.3, -0.25) is 0 Å². The molecule has 1 heterocycles. The Labute approximate surface area is 113 Å². The third-order valence-electron chi connectivity index (χ3n) is 2.29. The predicted octanol–water partition coefficient (Wildman–Crippen LogP) is 3.56. The highest BCUT2D eigenvalue weighted by atomic mass is 35.5. The van der Waals surface area contributed by atoms with Gasteiger partial charge in [0.2, 0.25) is 5.28 Å². The Bertz CT molecular complexity index is 604. The number of nitrogen functional groups attached to an aromatic ring is 1. The van der Waals surface area contributed by atoms with Crippen molar-refractivity contribution in [1.82, 2.24) is 9.97 Å². The largest absolute Gasteiger partial charge is 0.394 e. The molecule has 1 aromatic carbocycles. The molecule has 0 aliphatic heterocycles. The number of benzene rings is 1. The van der Waals surface area contributed by atoms with Gasteiger partial charge in [-0.05, 0) is 36.7 Å². The quantitative estimate of drug-likeness (QED) is 0.829. The zero-order valence-electron chi connectivity index (χ0n) is 9.34. The van der Waals surface area contributed by atoms with Gasteiger partial charge in [0.25, 0.3) is 0 Å². The standard InChI is InChI=1S/C11H9Cl2FN4/c1-5-9(15)10(18-11(13)16-5)17-8-4-6(12)2-3-7(8)14/h2-4H,15H2,1H3,(H,16,17,18). The van der Waals surface area contributed by atoms with Gasteiger partial charge in [-0.1, -0.05) is 11.6 Å². The first-order chi connectivity index (χ1) is 8.47. The number of hydrogen-bond donors (Lipinski definition) is 2. The number of halogens is 3. The minimum absolute atomic E-state index is 0.0339. The molecule has 0 radical (unpaired) electrons. The van der Waals surface area contributed by atoms with E-state index in [1.807, 2.05) is 0 Å². The number of aromatic nitrogens is 2. The molecule has 0 saturated carbocycles. The van der Waals surface area contributed by atoms with Gasteiger partial charge in [-0.2, -0.15) is 4.98 Å². The van der Waals surface area contributed by atoms with Gasteiger partial charge in [-0.25, -0.2) is 9.37 Å². The van der Waals surface area contributed by atoms with E-state index in [2.05, 4.69) is 15.3 Å². The van der Waals surface area contributed by atoms with Crippen molar-refractivity contribution in [2.24, 2.45) is 0 Å². The van der Waals surface area contributed by atoms with E-state index >= 15 is 0 Å². The Morgan fingerprint density at radius 2 is 2.00 bits per heavy atom. The van der Waals surface area contributed by atoms with Crippen LogP contribution in [-0.2, 0) is 0 Å². The van der Waals surface area contributed by atoms with E-state index in [0.717, 1.165) is 0 Å². The van der Waals surface area contributed by atoms with Crippen molar-refractivity contribution < 1.29 is 4.39 Å². The van der Waals surface area contributed by atoms with Crippen LogP contribution in [0.25, 0.3) is 0 Å². The highest BCUT2D eigenvalue weighted by molar-refractivity contribution is 6.30. The molecule has 0 fully saturated rings. The summed E-state index contributed by atoms with van der Waals surface area (Å²) in [6.07, 6.45) is 0. The Hall–Kier alpha value is -1.59. The summed E-state index contributed by atoms with van der Waals surface area (Å²) >= 11 is 11.5. The topological polar surface area (TPSA) is 63.8 Å². The number of hydrogen-bond acceptors (Lipinski definition) is 4. The minimum atomic E-state index is -0.466. The average Bonchev–Trinajstić information content (AvgIpc) is 2.30. The summed E-state index contributed by atoms with van der Waals surface area (Å²) in [7, 11) is 0. The Morgan fingerprint density at radius 1 is 1.28 bits per heavy atom. The molecule has 0 spiro atoms. The van der Waals surface area contributed by atoms with E-state index in [1.54, 1.807) is 6.92 Å². The number of nitrogens with zero attached hydrogens (tertiary/aromatic N) is 2. The number of aryl methyl sites for hydroxylation is 1.